The Kier molecular flexibility index (Phi) is 6.01. The lowest BCUT2D eigenvalue weighted by Crippen LogP contribution is -2.18. The number of aromatic nitrogens is 1. The monoisotopic (exact) mass is 439 g/mol. The van der Waals surface area contributed by atoms with Crippen molar-refractivity contribution in [3.63, 3.8) is 0 Å². The normalized spacial score (nSPS) is 18.1. The smallest absolute Gasteiger partial charge is 0.240 e. The highest BCUT2D eigenvalue weighted by molar-refractivity contribution is 7.89. The Bertz CT molecular complexity index is 1220. The molecule has 3 aromatic rings. The van der Waals surface area contributed by atoms with Crippen LogP contribution >= 0.6 is 0 Å². The average Bonchev–Trinajstić information content (AvgIpc) is 2.73. The molecule has 0 bridgehead atoms. The first kappa shape index (κ1) is 21.7. The molecule has 0 saturated carbocycles. The number of nitrogens with one attached hydrogen (secondary N) is 1. The summed E-state index contributed by atoms with van der Waals surface area (Å²) >= 11 is 0. The summed E-state index contributed by atoms with van der Waals surface area (Å²) in [6.07, 6.45) is 2.16. The number of pyridine rings is 1. The van der Waals surface area contributed by atoms with E-state index < -0.39 is 10.0 Å². The van der Waals surface area contributed by atoms with Crippen molar-refractivity contribution in [2.24, 2.45) is 5.14 Å². The molecule has 0 radical (unpaired) electrons. The molecule has 6 nitrogen and oxygen atoms in total. The molecule has 1 aromatic heterocycles. The van der Waals surface area contributed by atoms with Gasteiger partial charge in [-0.15, -0.1) is 0 Å². The summed E-state index contributed by atoms with van der Waals surface area (Å²) < 4.78 is 29.7. The van der Waals surface area contributed by atoms with Gasteiger partial charge in [-0.3, -0.25) is 4.98 Å². The Labute approximate surface area is 183 Å². The van der Waals surface area contributed by atoms with Crippen LogP contribution in [-0.4, -0.2) is 26.6 Å². The van der Waals surface area contributed by atoms with Crippen LogP contribution in [-0.2, 0) is 14.8 Å². The number of fused-ring (bicyclic) bond motifs is 1. The zero-order valence-corrected chi connectivity index (χ0v) is 19.0. The molecule has 1 aliphatic heterocycles. The second-order valence-corrected chi connectivity index (χ2v) is 9.93. The van der Waals surface area contributed by atoms with Crippen molar-refractivity contribution in [3.8, 4) is 0 Å². The predicted octanol–water partition coefficient (Wildman–Crippen LogP) is 4.57. The standard InChI is InChI=1S/C24H29N3O3S/c1-15-11-20(17(3)26-22-8-4-5-9-24(22)31(25,28)29)21-13-19(16(2)27-23(21)12-15)18-7-6-10-30-14-18/h4-5,8-9,11-13,17-18,26H,6-7,10,14H2,1-3H3,(H2,25,28,29). The minimum atomic E-state index is -3.83. The van der Waals surface area contributed by atoms with Crippen LogP contribution in [0.1, 0.15) is 54.1 Å². The highest BCUT2D eigenvalue weighted by Crippen LogP contribution is 2.34. The summed E-state index contributed by atoms with van der Waals surface area (Å²) in [6.45, 7) is 7.69. The molecular weight excluding hydrogens is 410 g/mol. The van der Waals surface area contributed by atoms with E-state index in [2.05, 4.69) is 30.4 Å². The van der Waals surface area contributed by atoms with Gasteiger partial charge in [0.2, 0.25) is 10.0 Å². The van der Waals surface area contributed by atoms with Crippen molar-refractivity contribution in [2.75, 3.05) is 18.5 Å². The fourth-order valence-corrected chi connectivity index (χ4v) is 5.17. The number of para-hydroxylation sites is 1. The molecule has 2 heterocycles. The number of hydrogen-bond acceptors (Lipinski definition) is 5. The lowest BCUT2D eigenvalue weighted by atomic mass is 9.89. The number of rotatable bonds is 5. The first-order chi connectivity index (χ1) is 14.7. The van der Waals surface area contributed by atoms with Crippen LogP contribution in [0.4, 0.5) is 5.69 Å². The van der Waals surface area contributed by atoms with Gasteiger partial charge < -0.3 is 10.1 Å². The molecule has 2 aromatic carbocycles. The molecule has 1 aliphatic rings. The van der Waals surface area contributed by atoms with Gasteiger partial charge >= 0.3 is 0 Å². The summed E-state index contributed by atoms with van der Waals surface area (Å²) in [5, 5.41) is 9.84. The molecular formula is C24H29N3O3S. The van der Waals surface area contributed by atoms with E-state index in [1.165, 1.54) is 11.6 Å². The Morgan fingerprint density at radius 3 is 2.68 bits per heavy atom. The number of nitrogens with two attached hydrogens (primary N) is 1. The van der Waals surface area contributed by atoms with Gasteiger partial charge in [0.15, 0.2) is 0 Å². The van der Waals surface area contributed by atoms with E-state index in [4.69, 9.17) is 14.9 Å². The average molecular weight is 440 g/mol. The third-order valence-electron chi connectivity index (χ3n) is 5.97. The van der Waals surface area contributed by atoms with Gasteiger partial charge in [-0.1, -0.05) is 18.2 Å². The SMILES string of the molecule is Cc1cc(C(C)Nc2ccccc2S(N)(=O)=O)c2cc(C3CCCOC3)c(C)nc2c1. The lowest BCUT2D eigenvalue weighted by molar-refractivity contribution is 0.0802. The van der Waals surface area contributed by atoms with Crippen LogP contribution in [0.5, 0.6) is 0 Å². The van der Waals surface area contributed by atoms with Gasteiger partial charge in [0, 0.05) is 29.6 Å². The maximum absolute atomic E-state index is 12.0. The van der Waals surface area contributed by atoms with E-state index in [0.717, 1.165) is 53.8 Å². The summed E-state index contributed by atoms with van der Waals surface area (Å²) in [5.41, 5.74) is 5.89. The molecule has 0 amide bonds. The first-order valence-corrected chi connectivity index (χ1v) is 12.2. The molecule has 0 spiro atoms. The molecule has 31 heavy (non-hydrogen) atoms. The third kappa shape index (κ3) is 4.59. The summed E-state index contributed by atoms with van der Waals surface area (Å²) in [4.78, 5) is 5.01. The number of hydrogen-bond donors (Lipinski definition) is 2. The second kappa shape index (κ2) is 8.57. The number of ether oxygens (including phenoxy) is 1. The molecule has 164 valence electrons. The van der Waals surface area contributed by atoms with Gasteiger partial charge in [0.1, 0.15) is 4.90 Å². The number of anilines is 1. The van der Waals surface area contributed by atoms with Crippen LogP contribution in [0.15, 0.2) is 47.4 Å². The van der Waals surface area contributed by atoms with E-state index in [9.17, 15) is 8.42 Å². The van der Waals surface area contributed by atoms with Crippen LogP contribution in [0.3, 0.4) is 0 Å². The summed E-state index contributed by atoms with van der Waals surface area (Å²) in [6, 6.07) is 13.1. The minimum absolute atomic E-state index is 0.0906. The molecule has 0 aliphatic carbocycles. The number of sulfonamides is 1. The Hall–Kier alpha value is -2.48. The molecule has 2 atom stereocenters. The van der Waals surface area contributed by atoms with Crippen LogP contribution in [0.2, 0.25) is 0 Å². The molecule has 4 rings (SSSR count). The van der Waals surface area contributed by atoms with Crippen molar-refractivity contribution in [1.82, 2.24) is 4.98 Å². The Morgan fingerprint density at radius 1 is 1.19 bits per heavy atom. The van der Waals surface area contributed by atoms with E-state index in [-0.39, 0.29) is 10.9 Å². The predicted molar refractivity (Wildman–Crippen MR) is 124 cm³/mol. The van der Waals surface area contributed by atoms with E-state index in [0.29, 0.717) is 11.6 Å². The number of nitrogens with zero attached hydrogens (tertiary/aromatic N) is 1. The highest BCUT2D eigenvalue weighted by Gasteiger charge is 2.22. The van der Waals surface area contributed by atoms with Gasteiger partial charge in [-0.2, -0.15) is 0 Å². The maximum atomic E-state index is 12.0. The zero-order chi connectivity index (χ0) is 22.2. The summed E-state index contributed by atoms with van der Waals surface area (Å²) in [5.74, 6) is 0.353. The van der Waals surface area contributed by atoms with E-state index >= 15 is 0 Å². The van der Waals surface area contributed by atoms with Gasteiger partial charge in [-0.25, -0.2) is 13.6 Å². The number of aryl methyl sites for hydroxylation is 2. The topological polar surface area (TPSA) is 94.3 Å². The first-order valence-electron chi connectivity index (χ1n) is 10.6. The highest BCUT2D eigenvalue weighted by atomic mass is 32.2. The number of primary sulfonamides is 1. The molecule has 2 unspecified atom stereocenters. The van der Waals surface area contributed by atoms with Crippen molar-refractivity contribution in [1.29, 1.82) is 0 Å². The van der Waals surface area contributed by atoms with Crippen molar-refractivity contribution in [3.05, 3.63) is 64.8 Å². The van der Waals surface area contributed by atoms with Crippen molar-refractivity contribution >= 4 is 26.6 Å². The lowest BCUT2D eigenvalue weighted by Gasteiger charge is -2.25. The zero-order valence-electron chi connectivity index (χ0n) is 18.2. The van der Waals surface area contributed by atoms with E-state index in [1.54, 1.807) is 18.2 Å². The van der Waals surface area contributed by atoms with Crippen LogP contribution in [0, 0.1) is 13.8 Å². The Morgan fingerprint density at radius 2 is 1.97 bits per heavy atom. The van der Waals surface area contributed by atoms with Crippen molar-refractivity contribution in [2.45, 2.75) is 50.5 Å². The second-order valence-electron chi connectivity index (χ2n) is 8.41. The van der Waals surface area contributed by atoms with Crippen molar-refractivity contribution < 1.29 is 13.2 Å². The fraction of sp³-hybridized carbons (Fsp3) is 0.375. The maximum Gasteiger partial charge on any atom is 0.240 e. The molecule has 3 N–H and O–H groups in total. The largest absolute Gasteiger partial charge is 0.381 e. The van der Waals surface area contributed by atoms with Gasteiger partial charge in [-0.05, 0) is 74.6 Å². The Balaban J connectivity index is 1.78. The van der Waals surface area contributed by atoms with Gasteiger partial charge in [0.25, 0.3) is 0 Å². The van der Waals surface area contributed by atoms with Crippen LogP contribution < -0.4 is 10.5 Å². The molecule has 7 heteroatoms. The molecule has 1 fully saturated rings. The minimum Gasteiger partial charge on any atom is -0.381 e. The fourth-order valence-electron chi connectivity index (χ4n) is 4.46. The summed E-state index contributed by atoms with van der Waals surface area (Å²) in [7, 11) is -3.83. The van der Waals surface area contributed by atoms with Crippen LogP contribution in [0.25, 0.3) is 10.9 Å². The quantitative estimate of drug-likeness (QED) is 0.607. The third-order valence-corrected chi connectivity index (χ3v) is 6.94. The van der Waals surface area contributed by atoms with E-state index in [1.807, 2.05) is 13.8 Å². The molecule has 1 saturated heterocycles. The number of benzene rings is 2. The van der Waals surface area contributed by atoms with Gasteiger partial charge in [0.05, 0.1) is 17.8 Å².